The minimum atomic E-state index is -0.539. The van der Waals surface area contributed by atoms with E-state index in [4.69, 9.17) is 27.9 Å². The van der Waals surface area contributed by atoms with Crippen LogP contribution in [0.15, 0.2) is 36.4 Å². The monoisotopic (exact) mass is 327 g/mol. The maximum atomic E-state index is 13.0. The Bertz CT molecular complexity index is 677. The number of nitrogens with one attached hydrogen (secondary N) is 1. The average molecular weight is 328 g/mol. The van der Waals surface area contributed by atoms with Gasteiger partial charge in [0, 0.05) is 16.8 Å². The summed E-state index contributed by atoms with van der Waals surface area (Å²) in [5, 5.41) is 3.20. The minimum absolute atomic E-state index is 0.0569. The standard InChI is InChI=1S/C15H12Cl2FNO2/c1-9-11(16)3-2-4-14(9)19-15(20)8-21-10-5-6-13(18)12(17)7-10/h2-7H,8H2,1H3,(H,19,20). The predicted molar refractivity (Wildman–Crippen MR) is 81.7 cm³/mol. The molecule has 110 valence electrons. The van der Waals surface area contributed by atoms with Gasteiger partial charge in [0.25, 0.3) is 5.91 Å². The normalized spacial score (nSPS) is 10.3. The van der Waals surface area contributed by atoms with Crippen molar-refractivity contribution in [1.82, 2.24) is 0 Å². The zero-order chi connectivity index (χ0) is 15.4. The third kappa shape index (κ3) is 4.09. The van der Waals surface area contributed by atoms with Gasteiger partial charge in [-0.25, -0.2) is 4.39 Å². The third-order valence-electron chi connectivity index (χ3n) is 2.80. The number of anilines is 1. The van der Waals surface area contributed by atoms with Crippen molar-refractivity contribution >= 4 is 34.8 Å². The van der Waals surface area contributed by atoms with Crippen LogP contribution in [0.1, 0.15) is 5.56 Å². The highest BCUT2D eigenvalue weighted by Crippen LogP contribution is 2.23. The summed E-state index contributed by atoms with van der Waals surface area (Å²) in [6, 6.07) is 9.12. The van der Waals surface area contributed by atoms with Crippen molar-refractivity contribution in [2.75, 3.05) is 11.9 Å². The Labute approximate surface area is 131 Å². The maximum Gasteiger partial charge on any atom is 0.262 e. The van der Waals surface area contributed by atoms with Crippen LogP contribution in [0.25, 0.3) is 0 Å². The van der Waals surface area contributed by atoms with Crippen molar-refractivity contribution in [3.63, 3.8) is 0 Å². The second-order valence-corrected chi connectivity index (χ2v) is 5.14. The molecule has 0 aliphatic rings. The largest absolute Gasteiger partial charge is 0.484 e. The lowest BCUT2D eigenvalue weighted by Gasteiger charge is -2.10. The molecule has 0 aliphatic heterocycles. The molecule has 1 N–H and O–H groups in total. The van der Waals surface area contributed by atoms with Crippen molar-refractivity contribution in [2.24, 2.45) is 0 Å². The Morgan fingerprint density at radius 1 is 1.24 bits per heavy atom. The van der Waals surface area contributed by atoms with Gasteiger partial charge in [-0.3, -0.25) is 4.79 Å². The first-order valence-electron chi connectivity index (χ1n) is 6.10. The van der Waals surface area contributed by atoms with Gasteiger partial charge in [-0.2, -0.15) is 0 Å². The highest BCUT2D eigenvalue weighted by molar-refractivity contribution is 6.31. The number of rotatable bonds is 4. The molecular weight excluding hydrogens is 316 g/mol. The molecule has 0 saturated carbocycles. The number of carbonyl (C=O) groups excluding carboxylic acids is 1. The highest BCUT2D eigenvalue weighted by atomic mass is 35.5. The maximum absolute atomic E-state index is 13.0. The van der Waals surface area contributed by atoms with Crippen LogP contribution in [0, 0.1) is 12.7 Å². The van der Waals surface area contributed by atoms with Crippen LogP contribution in [0.3, 0.4) is 0 Å². The van der Waals surface area contributed by atoms with Crippen LogP contribution >= 0.6 is 23.2 Å². The lowest BCUT2D eigenvalue weighted by atomic mass is 10.2. The SMILES string of the molecule is Cc1c(Cl)cccc1NC(=O)COc1ccc(F)c(Cl)c1. The van der Waals surface area contributed by atoms with Gasteiger partial charge >= 0.3 is 0 Å². The fourth-order valence-electron chi connectivity index (χ4n) is 1.64. The summed E-state index contributed by atoms with van der Waals surface area (Å²) in [5.41, 5.74) is 1.39. The van der Waals surface area contributed by atoms with Crippen LogP contribution in [0.4, 0.5) is 10.1 Å². The summed E-state index contributed by atoms with van der Waals surface area (Å²) in [6.45, 7) is 1.59. The molecule has 2 aromatic carbocycles. The van der Waals surface area contributed by atoms with E-state index >= 15 is 0 Å². The zero-order valence-electron chi connectivity index (χ0n) is 11.1. The van der Waals surface area contributed by atoms with Gasteiger partial charge in [0.1, 0.15) is 11.6 Å². The third-order valence-corrected chi connectivity index (χ3v) is 3.50. The second-order valence-electron chi connectivity index (χ2n) is 4.33. The molecule has 21 heavy (non-hydrogen) atoms. The zero-order valence-corrected chi connectivity index (χ0v) is 12.6. The molecule has 6 heteroatoms. The molecule has 2 rings (SSSR count). The van der Waals surface area contributed by atoms with E-state index in [1.807, 2.05) is 0 Å². The molecule has 0 saturated heterocycles. The summed E-state index contributed by atoms with van der Waals surface area (Å²) in [5.74, 6) is -0.566. The van der Waals surface area contributed by atoms with Gasteiger partial charge in [0.15, 0.2) is 6.61 Å². The fourth-order valence-corrected chi connectivity index (χ4v) is 1.99. The summed E-state index contributed by atoms with van der Waals surface area (Å²) in [7, 11) is 0. The summed E-state index contributed by atoms with van der Waals surface area (Å²) >= 11 is 11.6. The lowest BCUT2D eigenvalue weighted by molar-refractivity contribution is -0.118. The Kier molecular flexibility index (Phi) is 5.04. The molecule has 0 bridgehead atoms. The van der Waals surface area contributed by atoms with Crippen molar-refractivity contribution < 1.29 is 13.9 Å². The Morgan fingerprint density at radius 3 is 2.71 bits per heavy atom. The van der Waals surface area contributed by atoms with Gasteiger partial charge in [0.05, 0.1) is 5.02 Å². The van der Waals surface area contributed by atoms with Crippen molar-refractivity contribution in [3.8, 4) is 5.75 Å². The number of hydrogen-bond donors (Lipinski definition) is 1. The number of hydrogen-bond acceptors (Lipinski definition) is 2. The summed E-state index contributed by atoms with van der Waals surface area (Å²) < 4.78 is 18.2. The predicted octanol–water partition coefficient (Wildman–Crippen LogP) is 4.46. The van der Waals surface area contributed by atoms with Gasteiger partial charge in [-0.1, -0.05) is 29.3 Å². The quantitative estimate of drug-likeness (QED) is 0.900. The van der Waals surface area contributed by atoms with Gasteiger partial charge in [-0.15, -0.1) is 0 Å². The first kappa shape index (κ1) is 15.6. The molecule has 0 radical (unpaired) electrons. The number of ether oxygens (including phenoxy) is 1. The topological polar surface area (TPSA) is 38.3 Å². The molecule has 0 aromatic heterocycles. The van der Waals surface area contributed by atoms with E-state index in [1.165, 1.54) is 18.2 Å². The lowest BCUT2D eigenvalue weighted by Crippen LogP contribution is -2.20. The summed E-state index contributed by atoms with van der Waals surface area (Å²) in [6.07, 6.45) is 0. The van der Waals surface area contributed by atoms with Crippen LogP contribution in [-0.2, 0) is 4.79 Å². The van der Waals surface area contributed by atoms with Crippen LogP contribution in [0.2, 0.25) is 10.0 Å². The van der Waals surface area contributed by atoms with Crippen molar-refractivity contribution in [3.05, 3.63) is 57.8 Å². The van der Waals surface area contributed by atoms with Gasteiger partial charge < -0.3 is 10.1 Å². The van der Waals surface area contributed by atoms with E-state index in [1.54, 1.807) is 25.1 Å². The van der Waals surface area contributed by atoms with Gasteiger partial charge in [0.2, 0.25) is 0 Å². The van der Waals surface area contributed by atoms with E-state index < -0.39 is 5.82 Å². The molecule has 0 unspecified atom stereocenters. The minimum Gasteiger partial charge on any atom is -0.484 e. The van der Waals surface area contributed by atoms with E-state index in [-0.39, 0.29) is 17.5 Å². The van der Waals surface area contributed by atoms with E-state index in [9.17, 15) is 9.18 Å². The number of halogens is 3. The Morgan fingerprint density at radius 2 is 2.00 bits per heavy atom. The smallest absolute Gasteiger partial charge is 0.262 e. The number of carbonyl (C=O) groups is 1. The van der Waals surface area contributed by atoms with Crippen molar-refractivity contribution in [2.45, 2.75) is 6.92 Å². The molecule has 0 atom stereocenters. The van der Waals surface area contributed by atoms with Crippen molar-refractivity contribution in [1.29, 1.82) is 0 Å². The van der Waals surface area contributed by atoms with E-state index in [0.29, 0.717) is 16.5 Å². The Balaban J connectivity index is 1.96. The van der Waals surface area contributed by atoms with E-state index in [2.05, 4.69) is 5.32 Å². The molecule has 2 aromatic rings. The highest BCUT2D eigenvalue weighted by Gasteiger charge is 2.08. The van der Waals surface area contributed by atoms with Gasteiger partial charge in [-0.05, 0) is 36.8 Å². The molecule has 0 heterocycles. The first-order valence-corrected chi connectivity index (χ1v) is 6.86. The van der Waals surface area contributed by atoms with Crippen LogP contribution < -0.4 is 10.1 Å². The fraction of sp³-hybridized carbons (Fsp3) is 0.133. The number of benzene rings is 2. The Hall–Kier alpha value is -1.78. The average Bonchev–Trinajstić information content (AvgIpc) is 2.45. The molecule has 1 amide bonds. The van der Waals surface area contributed by atoms with Crippen LogP contribution in [0.5, 0.6) is 5.75 Å². The molecule has 0 fully saturated rings. The molecular formula is C15H12Cl2FNO2. The molecule has 0 spiro atoms. The van der Waals surface area contributed by atoms with Crippen LogP contribution in [-0.4, -0.2) is 12.5 Å². The first-order chi connectivity index (χ1) is 9.97. The molecule has 0 aliphatic carbocycles. The van der Waals surface area contributed by atoms with E-state index in [0.717, 1.165) is 5.56 Å². The molecule has 3 nitrogen and oxygen atoms in total. The second kappa shape index (κ2) is 6.78. The summed E-state index contributed by atoms with van der Waals surface area (Å²) in [4.78, 5) is 11.8. The number of amides is 1.